The molecule has 1 spiro atoms. The Morgan fingerprint density at radius 1 is 1.04 bits per heavy atom. The van der Waals surface area contributed by atoms with E-state index < -0.39 is 31.5 Å². The van der Waals surface area contributed by atoms with Gasteiger partial charge in [-0.3, -0.25) is 19.3 Å². The number of aliphatic hydroxyl groups excluding tert-OH is 1. The van der Waals surface area contributed by atoms with Crippen LogP contribution in [0.4, 0.5) is 17.1 Å². The van der Waals surface area contributed by atoms with E-state index >= 15 is 0 Å². The number of anilines is 3. The van der Waals surface area contributed by atoms with E-state index in [9.17, 15) is 24.3 Å². The highest BCUT2D eigenvalue weighted by molar-refractivity contribution is 6.71. The van der Waals surface area contributed by atoms with Gasteiger partial charge in [0.25, 0.3) is 5.91 Å². The Hall–Kier alpha value is -3.54. The quantitative estimate of drug-likeness (QED) is 0.310. The predicted octanol–water partition coefficient (Wildman–Crippen LogP) is 5.67. The minimum absolute atomic E-state index is 0.0211. The first kappa shape index (κ1) is 33.0. The number of amides is 3. The lowest BCUT2D eigenvalue weighted by molar-refractivity contribution is -0.150. The van der Waals surface area contributed by atoms with E-state index in [4.69, 9.17) is 16.3 Å². The number of fused-ring (bicyclic) bond motifs is 3. The summed E-state index contributed by atoms with van der Waals surface area (Å²) in [6.07, 6.45) is 2.09. The number of carbonyl (C=O) groups excluding carboxylic acids is 3. The third-order valence-electron chi connectivity index (χ3n) is 10.9. The maximum Gasteiger partial charge on any atom is 0.264 e. The van der Waals surface area contributed by atoms with Crippen molar-refractivity contribution in [3.63, 3.8) is 0 Å². The highest BCUT2D eigenvalue weighted by atomic mass is 35.5. The van der Waals surface area contributed by atoms with Crippen molar-refractivity contribution in [3.8, 4) is 0 Å². The molecule has 252 valence electrons. The average Bonchev–Trinajstić information content (AvgIpc) is 3.72. The van der Waals surface area contributed by atoms with Crippen LogP contribution in [0, 0.1) is 5.92 Å². The van der Waals surface area contributed by atoms with Gasteiger partial charge in [-0.1, -0.05) is 48.9 Å². The molecule has 2 fully saturated rings. The topological polar surface area (TPSA) is 111 Å². The van der Waals surface area contributed by atoms with Gasteiger partial charge in [-0.25, -0.2) is 0 Å². The van der Waals surface area contributed by atoms with Gasteiger partial charge in [0.2, 0.25) is 11.8 Å². The number of likely N-dealkylation sites (tertiary alicyclic amines) is 1. The van der Waals surface area contributed by atoms with Crippen molar-refractivity contribution >= 4 is 54.7 Å². The molecule has 0 saturated carbocycles. The van der Waals surface area contributed by atoms with Crippen LogP contribution in [-0.2, 0) is 37.7 Å². The molecular weight excluding hydrogens is 646 g/mol. The lowest BCUT2D eigenvalue weighted by Gasteiger charge is -2.33. The van der Waals surface area contributed by atoms with Crippen LogP contribution in [0.25, 0.3) is 0 Å². The van der Waals surface area contributed by atoms with E-state index in [1.165, 1.54) is 0 Å². The molecule has 11 heteroatoms. The monoisotopic (exact) mass is 687 g/mol. The number of para-hydroxylation sites is 1. The van der Waals surface area contributed by atoms with Crippen LogP contribution in [0.5, 0.6) is 0 Å². The zero-order valence-electron chi connectivity index (χ0n) is 27.6. The average molecular weight is 688 g/mol. The number of hydrogen-bond acceptors (Lipinski definition) is 6. The number of hydrogen-bond donors (Lipinski definition) is 2. The summed E-state index contributed by atoms with van der Waals surface area (Å²) >= 11 is 6.55. The Labute approximate surface area is 287 Å². The summed E-state index contributed by atoms with van der Waals surface area (Å²) in [5, 5.41) is 10.3. The number of ether oxygens (including phenoxy) is 1. The zero-order valence-corrected chi connectivity index (χ0v) is 29.3. The number of rotatable bonds is 7. The Bertz CT molecular complexity index is 1760. The first-order valence-electron chi connectivity index (χ1n) is 16.9. The van der Waals surface area contributed by atoms with Gasteiger partial charge in [-0.05, 0) is 79.9 Å². The van der Waals surface area contributed by atoms with E-state index in [1.807, 2.05) is 68.5 Å². The van der Waals surface area contributed by atoms with Gasteiger partial charge in [0.05, 0.1) is 43.1 Å². The fourth-order valence-electron chi connectivity index (χ4n) is 8.69. The van der Waals surface area contributed by atoms with E-state index in [0.717, 1.165) is 41.8 Å². The summed E-state index contributed by atoms with van der Waals surface area (Å²) in [6, 6.07) is 20.8. The van der Waals surface area contributed by atoms with Crippen molar-refractivity contribution < 1.29 is 29.0 Å². The molecule has 3 aromatic rings. The summed E-state index contributed by atoms with van der Waals surface area (Å²) in [4.78, 5) is 58.2. The summed E-state index contributed by atoms with van der Waals surface area (Å²) in [6.45, 7) is 6.36. The van der Waals surface area contributed by atoms with Gasteiger partial charge in [-0.15, -0.1) is 0 Å². The summed E-state index contributed by atoms with van der Waals surface area (Å²) in [5.41, 5.74) is 3.17. The smallest absolute Gasteiger partial charge is 0.264 e. The number of carbonyl (C=O) groups is 3. The molecule has 0 unspecified atom stereocenters. The van der Waals surface area contributed by atoms with E-state index in [0.29, 0.717) is 29.2 Å². The maximum absolute atomic E-state index is 14.8. The number of aryl methyl sites for hydroxylation is 1. The standard InChI is InChI=1S/C37H42ClN3O6Si/c1-23-35(48(2,3)46)32(20-34(44)39-18-6-8-28(39)22-42)47-37(23)29-19-26(38)13-16-31(29)40(36(37)45)21-24-10-14-27(15-11-24)41-30-9-5-4-7-25(30)12-17-33(41)43/h4-5,7,9-11,13-16,19,23,28,32,35,42,46H,6,8,12,17-18,20-22H2,1-3H3/t23-,28-,32+,35-,37+/m0/s1. The molecule has 4 aliphatic heterocycles. The van der Waals surface area contributed by atoms with Crippen LogP contribution in [0.15, 0.2) is 66.7 Å². The Morgan fingerprint density at radius 3 is 2.52 bits per heavy atom. The SMILES string of the molecule is C[C@H]1[C@H]([Si](C)(C)O)[C@@H](CC(=O)N2CCC[C@H]2CO)O[C@]12C(=O)N(Cc1ccc(N3C(=O)CCc4ccccc43)cc1)c1ccc(Cl)cc12. The molecular formula is C37H42ClN3O6Si. The molecule has 3 amide bonds. The van der Waals surface area contributed by atoms with Gasteiger partial charge in [-0.2, -0.15) is 0 Å². The minimum Gasteiger partial charge on any atom is -0.432 e. The molecule has 48 heavy (non-hydrogen) atoms. The first-order chi connectivity index (χ1) is 22.9. The van der Waals surface area contributed by atoms with Gasteiger partial charge >= 0.3 is 0 Å². The minimum atomic E-state index is -2.97. The van der Waals surface area contributed by atoms with Crippen molar-refractivity contribution in [3.05, 3.63) is 88.4 Å². The molecule has 0 aliphatic carbocycles. The lowest BCUT2D eigenvalue weighted by atomic mass is 9.82. The number of halogens is 1. The van der Waals surface area contributed by atoms with Gasteiger partial charge < -0.3 is 24.4 Å². The molecule has 4 aliphatic rings. The van der Waals surface area contributed by atoms with Gasteiger partial charge in [0.15, 0.2) is 13.9 Å². The molecule has 7 rings (SSSR count). The van der Waals surface area contributed by atoms with Gasteiger partial charge in [0, 0.05) is 40.7 Å². The van der Waals surface area contributed by atoms with Gasteiger partial charge in [0.1, 0.15) is 0 Å². The maximum atomic E-state index is 14.8. The summed E-state index contributed by atoms with van der Waals surface area (Å²) < 4.78 is 6.84. The first-order valence-corrected chi connectivity index (χ1v) is 20.3. The normalized spacial score (nSPS) is 26.8. The molecule has 0 radical (unpaired) electrons. The molecule has 0 bridgehead atoms. The van der Waals surface area contributed by atoms with E-state index in [-0.39, 0.29) is 43.3 Å². The van der Waals surface area contributed by atoms with Crippen molar-refractivity contribution in [2.75, 3.05) is 23.0 Å². The molecule has 5 atom stereocenters. The lowest BCUT2D eigenvalue weighted by Crippen LogP contribution is -2.46. The zero-order chi connectivity index (χ0) is 34.0. The molecule has 2 saturated heterocycles. The summed E-state index contributed by atoms with van der Waals surface area (Å²) in [5.74, 6) is -0.765. The fraction of sp³-hybridized carbons (Fsp3) is 0.432. The second kappa shape index (κ2) is 12.4. The number of nitrogens with zero attached hydrogens (tertiary/aromatic N) is 3. The Kier molecular flexibility index (Phi) is 8.52. The Morgan fingerprint density at radius 2 is 1.79 bits per heavy atom. The molecule has 0 aromatic heterocycles. The third-order valence-corrected chi connectivity index (χ3v) is 13.6. The van der Waals surface area contributed by atoms with Crippen LogP contribution in [0.1, 0.15) is 49.3 Å². The summed E-state index contributed by atoms with van der Waals surface area (Å²) in [7, 11) is -2.97. The van der Waals surface area contributed by atoms with Crippen LogP contribution in [-0.4, -0.2) is 66.1 Å². The van der Waals surface area contributed by atoms with Crippen molar-refractivity contribution in [2.24, 2.45) is 5.92 Å². The van der Waals surface area contributed by atoms with Crippen LogP contribution >= 0.6 is 11.6 Å². The molecule has 9 nitrogen and oxygen atoms in total. The highest BCUT2D eigenvalue weighted by Gasteiger charge is 2.66. The van der Waals surface area contributed by atoms with Crippen molar-refractivity contribution in [2.45, 2.75) is 82.0 Å². The fourth-order valence-corrected chi connectivity index (χ4v) is 11.4. The molecule has 2 N–H and O–H groups in total. The molecule has 4 heterocycles. The molecule has 3 aromatic carbocycles. The number of aliphatic hydroxyl groups is 1. The van der Waals surface area contributed by atoms with Crippen molar-refractivity contribution in [1.29, 1.82) is 0 Å². The Balaban J connectivity index is 1.20. The largest absolute Gasteiger partial charge is 0.432 e. The highest BCUT2D eigenvalue weighted by Crippen LogP contribution is 2.60. The van der Waals surface area contributed by atoms with Crippen LogP contribution in [0.3, 0.4) is 0 Å². The van der Waals surface area contributed by atoms with Crippen LogP contribution in [0.2, 0.25) is 23.7 Å². The predicted molar refractivity (Wildman–Crippen MR) is 187 cm³/mol. The number of benzene rings is 3. The van der Waals surface area contributed by atoms with E-state index in [1.54, 1.807) is 26.8 Å². The van der Waals surface area contributed by atoms with Crippen molar-refractivity contribution in [1.82, 2.24) is 4.90 Å². The second-order valence-corrected chi connectivity index (χ2v) is 18.6. The third kappa shape index (κ3) is 5.38. The van der Waals surface area contributed by atoms with E-state index in [2.05, 4.69) is 6.07 Å². The second-order valence-electron chi connectivity index (χ2n) is 14.2. The van der Waals surface area contributed by atoms with Crippen LogP contribution < -0.4 is 9.80 Å².